The quantitative estimate of drug-likeness (QED) is 0.520. The lowest BCUT2D eigenvalue weighted by Gasteiger charge is -1.98. The summed E-state index contributed by atoms with van der Waals surface area (Å²) in [6, 6.07) is 4.44. The van der Waals surface area contributed by atoms with Crippen molar-refractivity contribution < 1.29 is 10.0 Å². The molecule has 0 unspecified atom stereocenters. The Labute approximate surface area is 74.4 Å². The van der Waals surface area contributed by atoms with Crippen molar-refractivity contribution in [2.75, 3.05) is 18.5 Å². The van der Waals surface area contributed by atoms with Gasteiger partial charge in [-0.3, -0.25) is 0 Å². The molecule has 0 spiro atoms. The molecule has 0 radical (unpaired) electrons. The SMILES string of the molecule is O=[N+]([O-])c1cccc(NCCO)n1. The lowest BCUT2D eigenvalue weighted by molar-refractivity contribution is -0.389. The van der Waals surface area contributed by atoms with Crippen molar-refractivity contribution in [3.05, 3.63) is 28.3 Å². The Hall–Kier alpha value is -1.69. The first kappa shape index (κ1) is 9.40. The number of rotatable bonds is 4. The molecule has 0 fully saturated rings. The fraction of sp³-hybridized carbons (Fsp3) is 0.286. The van der Waals surface area contributed by atoms with Crippen LogP contribution in [0.3, 0.4) is 0 Å². The van der Waals surface area contributed by atoms with Gasteiger partial charge in [0.25, 0.3) is 0 Å². The normalized spacial score (nSPS) is 9.62. The molecule has 0 saturated heterocycles. The highest BCUT2D eigenvalue weighted by molar-refractivity contribution is 5.39. The standard InChI is InChI=1S/C7H9N3O3/c11-5-4-8-6-2-1-3-7(9-6)10(12)13/h1-3,11H,4-5H2,(H,8,9). The summed E-state index contributed by atoms with van der Waals surface area (Å²) in [5.41, 5.74) is 0. The first-order valence-electron chi connectivity index (χ1n) is 3.70. The first-order valence-corrected chi connectivity index (χ1v) is 3.70. The second-order valence-corrected chi connectivity index (χ2v) is 2.29. The molecule has 0 saturated carbocycles. The summed E-state index contributed by atoms with van der Waals surface area (Å²) in [5, 5.41) is 21.5. The molecule has 0 aliphatic rings. The third-order valence-corrected chi connectivity index (χ3v) is 1.34. The molecule has 6 heteroatoms. The highest BCUT2D eigenvalue weighted by atomic mass is 16.6. The molecule has 6 nitrogen and oxygen atoms in total. The molecular weight excluding hydrogens is 174 g/mol. The average Bonchev–Trinajstić information content (AvgIpc) is 2.15. The molecule has 70 valence electrons. The second kappa shape index (κ2) is 4.36. The van der Waals surface area contributed by atoms with Crippen LogP contribution in [0.5, 0.6) is 0 Å². The van der Waals surface area contributed by atoms with Gasteiger partial charge in [0, 0.05) is 18.7 Å². The summed E-state index contributed by atoms with van der Waals surface area (Å²) in [6.45, 7) is 0.290. The number of aliphatic hydroxyl groups is 1. The van der Waals surface area contributed by atoms with Crippen molar-refractivity contribution in [2.45, 2.75) is 0 Å². The fourth-order valence-electron chi connectivity index (χ4n) is 0.807. The molecular formula is C7H9N3O3. The molecule has 1 heterocycles. The van der Waals surface area contributed by atoms with E-state index in [9.17, 15) is 10.1 Å². The smallest absolute Gasteiger partial charge is 0.365 e. The van der Waals surface area contributed by atoms with Gasteiger partial charge in [-0.05, 0) is 16.0 Å². The number of nitro groups is 1. The molecule has 2 N–H and O–H groups in total. The molecule has 13 heavy (non-hydrogen) atoms. The minimum Gasteiger partial charge on any atom is -0.395 e. The average molecular weight is 183 g/mol. The van der Waals surface area contributed by atoms with Gasteiger partial charge in [0.05, 0.1) is 6.61 Å². The van der Waals surface area contributed by atoms with Gasteiger partial charge >= 0.3 is 5.82 Å². The fourth-order valence-corrected chi connectivity index (χ4v) is 0.807. The van der Waals surface area contributed by atoms with E-state index in [0.29, 0.717) is 12.4 Å². The molecule has 0 aliphatic carbocycles. The summed E-state index contributed by atoms with van der Waals surface area (Å²) < 4.78 is 0. The molecule has 1 aromatic rings. The van der Waals surface area contributed by atoms with Crippen molar-refractivity contribution in [1.29, 1.82) is 0 Å². The van der Waals surface area contributed by atoms with Crippen LogP contribution in [-0.2, 0) is 0 Å². The maximum Gasteiger partial charge on any atom is 0.365 e. The van der Waals surface area contributed by atoms with Gasteiger partial charge in [-0.1, -0.05) is 0 Å². The van der Waals surface area contributed by atoms with Crippen LogP contribution in [0.4, 0.5) is 11.6 Å². The molecule has 1 rings (SSSR count). The van der Waals surface area contributed by atoms with E-state index in [1.807, 2.05) is 0 Å². The zero-order valence-corrected chi connectivity index (χ0v) is 6.80. The van der Waals surface area contributed by atoms with Gasteiger partial charge in [0.15, 0.2) is 0 Å². The number of aliphatic hydroxyl groups excluding tert-OH is 1. The van der Waals surface area contributed by atoms with Crippen LogP contribution >= 0.6 is 0 Å². The number of pyridine rings is 1. The Balaban J connectivity index is 2.73. The molecule has 0 aromatic carbocycles. The van der Waals surface area contributed by atoms with Crippen LogP contribution in [-0.4, -0.2) is 28.2 Å². The molecule has 0 amide bonds. The minimum absolute atomic E-state index is 0.0373. The topological polar surface area (TPSA) is 88.3 Å². The number of aromatic nitrogens is 1. The van der Waals surface area contributed by atoms with Crippen LogP contribution in [0.25, 0.3) is 0 Å². The third kappa shape index (κ3) is 2.68. The lowest BCUT2D eigenvalue weighted by atomic mass is 10.4. The predicted octanol–water partition coefficient (Wildman–Crippen LogP) is 0.394. The monoisotopic (exact) mass is 183 g/mol. The van der Waals surface area contributed by atoms with Gasteiger partial charge in [-0.25, -0.2) is 0 Å². The van der Waals surface area contributed by atoms with Gasteiger partial charge < -0.3 is 20.5 Å². The van der Waals surface area contributed by atoms with Crippen LogP contribution in [0.15, 0.2) is 18.2 Å². The lowest BCUT2D eigenvalue weighted by Crippen LogP contribution is -2.07. The van der Waals surface area contributed by atoms with Crippen molar-refractivity contribution in [3.63, 3.8) is 0 Å². The van der Waals surface area contributed by atoms with E-state index >= 15 is 0 Å². The van der Waals surface area contributed by atoms with Crippen LogP contribution in [0.2, 0.25) is 0 Å². The van der Waals surface area contributed by atoms with E-state index in [1.54, 1.807) is 6.07 Å². The van der Waals surface area contributed by atoms with Gasteiger partial charge in [0.2, 0.25) is 5.82 Å². The number of nitrogens with one attached hydrogen (secondary N) is 1. The van der Waals surface area contributed by atoms with E-state index < -0.39 is 4.92 Å². The van der Waals surface area contributed by atoms with Crippen molar-refractivity contribution >= 4 is 11.6 Å². The maximum absolute atomic E-state index is 10.3. The molecule has 1 aromatic heterocycles. The zero-order chi connectivity index (χ0) is 9.68. The zero-order valence-electron chi connectivity index (χ0n) is 6.80. The third-order valence-electron chi connectivity index (χ3n) is 1.34. The summed E-state index contributed by atoms with van der Waals surface area (Å²) in [6.07, 6.45) is 0. The second-order valence-electron chi connectivity index (χ2n) is 2.29. The number of nitrogens with zero attached hydrogens (tertiary/aromatic N) is 2. The van der Waals surface area contributed by atoms with Crippen molar-refractivity contribution in [1.82, 2.24) is 4.98 Å². The Kier molecular flexibility index (Phi) is 3.15. The van der Waals surface area contributed by atoms with Crippen molar-refractivity contribution in [2.24, 2.45) is 0 Å². The van der Waals surface area contributed by atoms with E-state index in [-0.39, 0.29) is 12.4 Å². The summed E-state index contributed by atoms with van der Waals surface area (Å²) in [7, 11) is 0. The molecule has 0 atom stereocenters. The first-order chi connectivity index (χ1) is 6.24. The number of hydrogen-bond donors (Lipinski definition) is 2. The van der Waals surface area contributed by atoms with E-state index in [0.717, 1.165) is 0 Å². The summed E-state index contributed by atoms with van der Waals surface area (Å²) in [4.78, 5) is 13.4. The Morgan fingerprint density at radius 1 is 1.62 bits per heavy atom. The van der Waals surface area contributed by atoms with Crippen molar-refractivity contribution in [3.8, 4) is 0 Å². The van der Waals surface area contributed by atoms with Gasteiger partial charge in [-0.15, -0.1) is 0 Å². The van der Waals surface area contributed by atoms with E-state index in [4.69, 9.17) is 5.11 Å². The molecule has 0 bridgehead atoms. The van der Waals surface area contributed by atoms with E-state index in [2.05, 4.69) is 10.3 Å². The summed E-state index contributed by atoms with van der Waals surface area (Å²) in [5.74, 6) is 0.186. The van der Waals surface area contributed by atoms with Crippen LogP contribution in [0, 0.1) is 10.1 Å². The predicted molar refractivity (Wildman–Crippen MR) is 46.5 cm³/mol. The van der Waals surface area contributed by atoms with Gasteiger partial charge in [0.1, 0.15) is 0 Å². The highest BCUT2D eigenvalue weighted by Gasteiger charge is 2.07. The van der Waals surface area contributed by atoms with Crippen LogP contribution < -0.4 is 5.32 Å². The Morgan fingerprint density at radius 2 is 2.38 bits per heavy atom. The van der Waals surface area contributed by atoms with E-state index in [1.165, 1.54) is 12.1 Å². The Bertz CT molecular complexity index is 303. The van der Waals surface area contributed by atoms with Gasteiger partial charge in [-0.2, -0.15) is 0 Å². The summed E-state index contributed by atoms with van der Waals surface area (Å²) >= 11 is 0. The Morgan fingerprint density at radius 3 is 3.00 bits per heavy atom. The van der Waals surface area contributed by atoms with Crippen LogP contribution in [0.1, 0.15) is 0 Å². The number of hydrogen-bond acceptors (Lipinski definition) is 5. The maximum atomic E-state index is 10.3. The largest absolute Gasteiger partial charge is 0.395 e. The highest BCUT2D eigenvalue weighted by Crippen LogP contribution is 2.10. The minimum atomic E-state index is -0.565. The number of anilines is 1. The molecule has 0 aliphatic heterocycles.